The maximum absolute atomic E-state index is 13.1. The molecule has 236 valence electrons. The van der Waals surface area contributed by atoms with Gasteiger partial charge in [-0.3, -0.25) is 0 Å². The molecule has 0 aliphatic heterocycles. The fourth-order valence-electron chi connectivity index (χ4n) is 4.83. The number of aryl methyl sites for hydroxylation is 3. The second-order valence-corrected chi connectivity index (χ2v) is 11.4. The molecule has 5 rings (SSSR count). The van der Waals surface area contributed by atoms with Crippen LogP contribution in [-0.4, -0.2) is 34.5 Å². The lowest BCUT2D eigenvalue weighted by molar-refractivity contribution is -0.137. The molecule has 1 aromatic heterocycles. The monoisotopic (exact) mass is 646 g/mol. The number of amides is 2. The predicted molar refractivity (Wildman–Crippen MR) is 171 cm³/mol. The lowest BCUT2D eigenvalue weighted by Crippen LogP contribution is -2.08. The molecule has 2 amide bonds. The van der Waals surface area contributed by atoms with E-state index < -0.39 is 23.7 Å². The number of methoxy groups -OCH3 is 1. The molecule has 2 N–H and O–H groups in total. The summed E-state index contributed by atoms with van der Waals surface area (Å²) in [6, 6.07) is 25.8. The Morgan fingerprint density at radius 1 is 0.913 bits per heavy atom. The molecule has 1 heterocycles. The van der Waals surface area contributed by atoms with Gasteiger partial charge in [0.2, 0.25) is 5.88 Å². The Hall–Kier alpha value is -5.10. The summed E-state index contributed by atoms with van der Waals surface area (Å²) in [6.07, 6.45) is -3.22. The van der Waals surface area contributed by atoms with Gasteiger partial charge in [0.25, 0.3) is 0 Å². The van der Waals surface area contributed by atoms with E-state index in [1.165, 1.54) is 19.2 Å². The van der Waals surface area contributed by atoms with Gasteiger partial charge < -0.3 is 19.7 Å². The Bertz CT molecular complexity index is 1870. The van der Waals surface area contributed by atoms with Gasteiger partial charge in [0.15, 0.2) is 5.69 Å². The molecule has 0 spiro atoms. The molecular formula is C34H29F3N4O4S. The molecule has 12 heteroatoms. The highest BCUT2D eigenvalue weighted by Crippen LogP contribution is 2.41. The van der Waals surface area contributed by atoms with E-state index in [1.807, 2.05) is 60.7 Å². The number of halogens is 3. The normalized spacial score (nSPS) is 11.7. The van der Waals surface area contributed by atoms with Crippen LogP contribution in [0.3, 0.4) is 0 Å². The number of carbonyl (C=O) groups excluding carboxylic acids is 2. The van der Waals surface area contributed by atoms with Gasteiger partial charge in [-0.25, -0.2) is 9.59 Å². The second-order valence-electron chi connectivity index (χ2n) is 10.2. The van der Waals surface area contributed by atoms with Crippen molar-refractivity contribution in [3.63, 3.8) is 0 Å². The minimum absolute atomic E-state index is 0.0723. The molecule has 0 radical (unpaired) electrons. The molecule has 46 heavy (non-hydrogen) atoms. The molecule has 0 aliphatic carbocycles. The number of aromatic nitrogens is 1. The number of benzene rings is 4. The van der Waals surface area contributed by atoms with E-state index in [-0.39, 0.29) is 17.3 Å². The number of hydrogen-bond acceptors (Lipinski definition) is 6. The number of urea groups is 1. The van der Waals surface area contributed by atoms with Crippen LogP contribution in [0.25, 0.3) is 10.9 Å². The first kappa shape index (κ1) is 32.3. The standard InChI is InChI=1S/C34H29F3N4O4S/c1-45-32(43)24-12-10-23(11-13-24)17-19-46-27-14-15-29-28(21-27)30(31(42)41(29)18-16-22-6-3-2-4-7-22)39-40-33(44)38-26-9-5-8-25(20-26)34(35,36)37/h2-15,20-21,42H,16-19H2,1H3,(H,38,44). The van der Waals surface area contributed by atoms with Crippen LogP contribution in [0.4, 0.5) is 29.3 Å². The van der Waals surface area contributed by atoms with Crippen molar-refractivity contribution in [3.8, 4) is 5.88 Å². The van der Waals surface area contributed by atoms with Gasteiger partial charge in [-0.15, -0.1) is 16.9 Å². The van der Waals surface area contributed by atoms with Crippen molar-refractivity contribution in [3.05, 3.63) is 119 Å². The number of carbonyl (C=O) groups is 2. The number of nitrogens with zero attached hydrogens (tertiary/aromatic N) is 3. The summed E-state index contributed by atoms with van der Waals surface area (Å²) in [5.74, 6) is 0.142. The molecule has 0 atom stereocenters. The molecule has 5 aromatic rings. The molecule has 0 bridgehead atoms. The highest BCUT2D eigenvalue weighted by Gasteiger charge is 2.30. The zero-order chi connectivity index (χ0) is 32.7. The third-order valence-corrected chi connectivity index (χ3v) is 8.16. The van der Waals surface area contributed by atoms with Crippen LogP contribution >= 0.6 is 11.8 Å². The minimum Gasteiger partial charge on any atom is -0.493 e. The fourth-order valence-corrected chi connectivity index (χ4v) is 5.77. The number of esters is 1. The Kier molecular flexibility index (Phi) is 10.1. The first-order valence-electron chi connectivity index (χ1n) is 14.2. The van der Waals surface area contributed by atoms with Crippen molar-refractivity contribution < 1.29 is 32.6 Å². The summed E-state index contributed by atoms with van der Waals surface area (Å²) in [4.78, 5) is 25.1. The molecule has 0 aliphatic rings. The number of aromatic hydroxyl groups is 1. The van der Waals surface area contributed by atoms with Crippen LogP contribution in [0.15, 0.2) is 112 Å². The van der Waals surface area contributed by atoms with E-state index in [1.54, 1.807) is 28.5 Å². The smallest absolute Gasteiger partial charge is 0.416 e. The Balaban J connectivity index is 1.37. The highest BCUT2D eigenvalue weighted by molar-refractivity contribution is 7.99. The summed E-state index contributed by atoms with van der Waals surface area (Å²) in [5.41, 5.74) is 2.35. The van der Waals surface area contributed by atoms with Crippen LogP contribution in [-0.2, 0) is 30.3 Å². The third kappa shape index (κ3) is 7.94. The summed E-state index contributed by atoms with van der Waals surface area (Å²) in [6.45, 7) is 0.423. The zero-order valence-corrected chi connectivity index (χ0v) is 25.4. The fraction of sp³-hybridized carbons (Fsp3) is 0.176. The van der Waals surface area contributed by atoms with Crippen molar-refractivity contribution in [1.29, 1.82) is 0 Å². The number of ether oxygens (including phenoxy) is 1. The molecule has 0 saturated carbocycles. The highest BCUT2D eigenvalue weighted by atomic mass is 32.2. The Morgan fingerprint density at radius 2 is 1.65 bits per heavy atom. The van der Waals surface area contributed by atoms with E-state index in [0.29, 0.717) is 29.4 Å². The first-order valence-corrected chi connectivity index (χ1v) is 15.2. The summed E-state index contributed by atoms with van der Waals surface area (Å²) >= 11 is 1.58. The van der Waals surface area contributed by atoms with Crippen LogP contribution in [0, 0.1) is 0 Å². The van der Waals surface area contributed by atoms with E-state index in [4.69, 9.17) is 4.74 Å². The van der Waals surface area contributed by atoms with Crippen molar-refractivity contribution in [2.24, 2.45) is 10.2 Å². The third-order valence-electron chi connectivity index (χ3n) is 7.16. The number of rotatable bonds is 10. The summed E-state index contributed by atoms with van der Waals surface area (Å²) in [5, 5.41) is 21.8. The van der Waals surface area contributed by atoms with Crippen LogP contribution in [0.2, 0.25) is 0 Å². The maximum Gasteiger partial charge on any atom is 0.416 e. The molecule has 0 saturated heterocycles. The van der Waals surface area contributed by atoms with Crippen molar-refractivity contribution >= 4 is 46.0 Å². The van der Waals surface area contributed by atoms with E-state index in [2.05, 4.69) is 15.5 Å². The minimum atomic E-state index is -4.57. The average Bonchev–Trinajstić information content (AvgIpc) is 3.32. The van der Waals surface area contributed by atoms with Gasteiger partial charge in [0.05, 0.1) is 23.8 Å². The Morgan fingerprint density at radius 3 is 2.37 bits per heavy atom. The lowest BCUT2D eigenvalue weighted by Gasteiger charge is -2.08. The van der Waals surface area contributed by atoms with E-state index in [9.17, 15) is 27.9 Å². The van der Waals surface area contributed by atoms with E-state index >= 15 is 0 Å². The second kappa shape index (κ2) is 14.3. The quantitative estimate of drug-likeness (QED) is 0.0895. The van der Waals surface area contributed by atoms with E-state index in [0.717, 1.165) is 40.3 Å². The predicted octanol–water partition coefficient (Wildman–Crippen LogP) is 9.05. The van der Waals surface area contributed by atoms with Gasteiger partial charge in [-0.05, 0) is 72.5 Å². The lowest BCUT2D eigenvalue weighted by atomic mass is 10.1. The van der Waals surface area contributed by atoms with Crippen molar-refractivity contribution in [2.45, 2.75) is 30.5 Å². The van der Waals surface area contributed by atoms with Gasteiger partial charge in [0.1, 0.15) is 0 Å². The number of thioether (sulfide) groups is 1. The van der Waals surface area contributed by atoms with Crippen LogP contribution in [0.5, 0.6) is 5.88 Å². The van der Waals surface area contributed by atoms with Crippen LogP contribution < -0.4 is 5.32 Å². The molecule has 0 fully saturated rings. The van der Waals surface area contributed by atoms with Gasteiger partial charge >= 0.3 is 18.2 Å². The molecule has 0 unspecified atom stereocenters. The van der Waals surface area contributed by atoms with Gasteiger partial charge in [-0.1, -0.05) is 53.6 Å². The molecular weight excluding hydrogens is 617 g/mol. The number of azo groups is 1. The van der Waals surface area contributed by atoms with Gasteiger partial charge in [-0.2, -0.15) is 13.2 Å². The molecule has 8 nitrogen and oxygen atoms in total. The number of fused-ring (bicyclic) bond motifs is 1. The molecule has 4 aromatic carbocycles. The summed E-state index contributed by atoms with van der Waals surface area (Å²) in [7, 11) is 1.34. The summed E-state index contributed by atoms with van der Waals surface area (Å²) < 4.78 is 45.7. The maximum atomic E-state index is 13.1. The SMILES string of the molecule is COC(=O)c1ccc(CCSc2ccc3c(c2)c(N=NC(=O)Nc2cccc(C(F)(F)F)c2)c(O)n3CCc2ccccc2)cc1. The van der Waals surface area contributed by atoms with Crippen molar-refractivity contribution in [2.75, 3.05) is 18.2 Å². The number of anilines is 1. The zero-order valence-electron chi connectivity index (χ0n) is 24.6. The van der Waals surface area contributed by atoms with Crippen molar-refractivity contribution in [1.82, 2.24) is 4.57 Å². The van der Waals surface area contributed by atoms with Gasteiger partial charge in [0, 0.05) is 28.3 Å². The number of alkyl halides is 3. The largest absolute Gasteiger partial charge is 0.493 e. The Labute approximate surface area is 266 Å². The first-order chi connectivity index (χ1) is 22.1. The number of hydrogen-bond donors (Lipinski definition) is 2. The van der Waals surface area contributed by atoms with Crippen LogP contribution in [0.1, 0.15) is 27.0 Å². The topological polar surface area (TPSA) is 105 Å². The average molecular weight is 647 g/mol. The number of nitrogens with one attached hydrogen (secondary N) is 1.